The molecule has 2 aromatic carbocycles. The van der Waals surface area contributed by atoms with Gasteiger partial charge in [0.1, 0.15) is 5.82 Å². The van der Waals surface area contributed by atoms with E-state index in [9.17, 15) is 9.18 Å². The summed E-state index contributed by atoms with van der Waals surface area (Å²) >= 11 is 7.54. The molecular formula is C19H17ClFN3OS. The summed E-state index contributed by atoms with van der Waals surface area (Å²) in [5.41, 5.74) is 1.25. The first kappa shape index (κ1) is 17.2. The number of nitrogens with zero attached hydrogens (tertiary/aromatic N) is 1. The fraction of sp³-hybridized carbons (Fsp3) is 0.263. The standard InChI is InChI=1S/C19H17ClFN3OS/c20-13-5-2-1-4-12(13)18(25)22-14-6-3-7-15(14)23-19-24-16-9-8-11(21)10-17(16)26-19/h1-2,4-5,8-10,14-15H,3,6-7H2,(H,22,25)(H,23,24). The average molecular weight is 390 g/mol. The van der Waals surface area contributed by atoms with E-state index in [2.05, 4.69) is 15.6 Å². The third-order valence-electron chi connectivity index (χ3n) is 4.61. The highest BCUT2D eigenvalue weighted by Crippen LogP contribution is 2.30. The predicted octanol–water partition coefficient (Wildman–Crippen LogP) is 4.85. The summed E-state index contributed by atoms with van der Waals surface area (Å²) in [7, 11) is 0. The molecule has 1 aliphatic carbocycles. The van der Waals surface area contributed by atoms with Crippen molar-refractivity contribution in [2.24, 2.45) is 0 Å². The maximum absolute atomic E-state index is 13.4. The number of thiazole rings is 1. The zero-order chi connectivity index (χ0) is 18.1. The molecule has 26 heavy (non-hydrogen) atoms. The van der Waals surface area contributed by atoms with Crippen molar-refractivity contribution in [3.63, 3.8) is 0 Å². The summed E-state index contributed by atoms with van der Waals surface area (Å²) in [4.78, 5) is 17.0. The second kappa shape index (κ2) is 7.21. The van der Waals surface area contributed by atoms with Crippen molar-refractivity contribution in [3.8, 4) is 0 Å². The Morgan fingerprint density at radius 1 is 1.19 bits per heavy atom. The fourth-order valence-corrected chi connectivity index (χ4v) is 4.49. The molecule has 1 aliphatic rings. The van der Waals surface area contributed by atoms with Crippen LogP contribution in [0, 0.1) is 5.82 Å². The van der Waals surface area contributed by atoms with Gasteiger partial charge in [0, 0.05) is 12.1 Å². The first-order valence-corrected chi connectivity index (χ1v) is 9.67. The van der Waals surface area contributed by atoms with Crippen molar-refractivity contribution in [2.75, 3.05) is 5.32 Å². The highest BCUT2D eigenvalue weighted by Gasteiger charge is 2.29. The minimum Gasteiger partial charge on any atom is -0.357 e. The quantitative estimate of drug-likeness (QED) is 0.670. The predicted molar refractivity (Wildman–Crippen MR) is 104 cm³/mol. The minimum absolute atomic E-state index is 0.00233. The first-order valence-electron chi connectivity index (χ1n) is 8.48. The number of fused-ring (bicyclic) bond motifs is 1. The molecule has 1 fully saturated rings. The van der Waals surface area contributed by atoms with Gasteiger partial charge in [-0.1, -0.05) is 35.1 Å². The van der Waals surface area contributed by atoms with Crippen LogP contribution in [0.4, 0.5) is 9.52 Å². The molecule has 2 unspecified atom stereocenters. The van der Waals surface area contributed by atoms with Gasteiger partial charge in [0.2, 0.25) is 0 Å². The Kier molecular flexibility index (Phi) is 4.78. The highest BCUT2D eigenvalue weighted by atomic mass is 35.5. The van der Waals surface area contributed by atoms with Crippen LogP contribution in [0.15, 0.2) is 42.5 Å². The van der Waals surface area contributed by atoms with Crippen molar-refractivity contribution in [1.29, 1.82) is 0 Å². The number of nitrogens with one attached hydrogen (secondary N) is 2. The molecule has 1 saturated carbocycles. The summed E-state index contributed by atoms with van der Waals surface area (Å²) in [6.07, 6.45) is 2.86. The van der Waals surface area contributed by atoms with Crippen LogP contribution < -0.4 is 10.6 Å². The van der Waals surface area contributed by atoms with Gasteiger partial charge in [-0.15, -0.1) is 0 Å². The Morgan fingerprint density at radius 2 is 2.00 bits per heavy atom. The van der Waals surface area contributed by atoms with E-state index < -0.39 is 0 Å². The van der Waals surface area contributed by atoms with Crippen LogP contribution in [0.3, 0.4) is 0 Å². The van der Waals surface area contributed by atoms with Crippen LogP contribution in [0.5, 0.6) is 0 Å². The van der Waals surface area contributed by atoms with Gasteiger partial charge in [0.15, 0.2) is 5.13 Å². The van der Waals surface area contributed by atoms with Gasteiger partial charge >= 0.3 is 0 Å². The maximum atomic E-state index is 13.4. The van der Waals surface area contributed by atoms with Crippen LogP contribution >= 0.6 is 22.9 Å². The van der Waals surface area contributed by atoms with Gasteiger partial charge in [0.25, 0.3) is 5.91 Å². The number of benzene rings is 2. The Labute approximate surface area is 159 Å². The molecule has 3 aromatic rings. The van der Waals surface area contributed by atoms with Gasteiger partial charge in [0.05, 0.1) is 20.8 Å². The molecule has 0 spiro atoms. The molecule has 0 saturated heterocycles. The smallest absolute Gasteiger partial charge is 0.253 e. The highest BCUT2D eigenvalue weighted by molar-refractivity contribution is 7.22. The van der Waals surface area contributed by atoms with E-state index in [0.717, 1.165) is 34.6 Å². The van der Waals surface area contributed by atoms with E-state index in [0.29, 0.717) is 10.6 Å². The minimum atomic E-state index is -0.265. The SMILES string of the molecule is O=C(NC1CCCC1Nc1nc2ccc(F)cc2s1)c1ccccc1Cl. The molecule has 2 atom stereocenters. The second-order valence-electron chi connectivity index (χ2n) is 6.37. The molecule has 0 bridgehead atoms. The van der Waals surface area contributed by atoms with E-state index in [1.807, 2.05) is 0 Å². The molecule has 134 valence electrons. The van der Waals surface area contributed by atoms with E-state index in [1.54, 1.807) is 30.3 Å². The number of carbonyl (C=O) groups is 1. The number of hydrogen-bond acceptors (Lipinski definition) is 4. The number of rotatable bonds is 4. The summed E-state index contributed by atoms with van der Waals surface area (Å²) < 4.78 is 14.2. The molecule has 0 radical (unpaired) electrons. The van der Waals surface area contributed by atoms with Crippen LogP contribution in [-0.4, -0.2) is 23.0 Å². The molecule has 1 amide bonds. The number of carbonyl (C=O) groups excluding carboxylic acids is 1. The summed E-state index contributed by atoms with van der Waals surface area (Å²) in [5, 5.41) is 7.68. The number of hydrogen-bond donors (Lipinski definition) is 2. The molecule has 4 nitrogen and oxygen atoms in total. The van der Waals surface area contributed by atoms with Gasteiger partial charge < -0.3 is 10.6 Å². The Balaban J connectivity index is 1.47. The fourth-order valence-electron chi connectivity index (χ4n) is 3.32. The lowest BCUT2D eigenvalue weighted by molar-refractivity contribution is 0.0936. The average Bonchev–Trinajstić information content (AvgIpc) is 3.21. The molecule has 0 aliphatic heterocycles. The first-order chi connectivity index (χ1) is 12.6. The van der Waals surface area contributed by atoms with Crippen molar-refractivity contribution in [2.45, 2.75) is 31.3 Å². The van der Waals surface area contributed by atoms with Gasteiger partial charge in [-0.2, -0.15) is 0 Å². The van der Waals surface area contributed by atoms with Crippen molar-refractivity contribution in [1.82, 2.24) is 10.3 Å². The molecule has 1 heterocycles. The third kappa shape index (κ3) is 3.52. The lowest BCUT2D eigenvalue weighted by atomic mass is 10.1. The second-order valence-corrected chi connectivity index (χ2v) is 7.81. The van der Waals surface area contributed by atoms with E-state index in [-0.39, 0.29) is 23.8 Å². The van der Waals surface area contributed by atoms with Crippen LogP contribution in [0.25, 0.3) is 10.2 Å². The van der Waals surface area contributed by atoms with Gasteiger partial charge in [-0.25, -0.2) is 9.37 Å². The summed E-state index contributed by atoms with van der Waals surface area (Å²) in [6.45, 7) is 0. The van der Waals surface area contributed by atoms with E-state index in [4.69, 9.17) is 11.6 Å². The summed E-state index contributed by atoms with van der Waals surface area (Å²) in [6, 6.07) is 11.7. The Bertz CT molecular complexity index is 961. The summed E-state index contributed by atoms with van der Waals surface area (Å²) in [5.74, 6) is -0.431. The third-order valence-corrected chi connectivity index (χ3v) is 5.89. The van der Waals surface area contributed by atoms with E-state index in [1.165, 1.54) is 23.5 Å². The zero-order valence-electron chi connectivity index (χ0n) is 13.8. The van der Waals surface area contributed by atoms with Crippen LogP contribution in [0.1, 0.15) is 29.6 Å². The molecule has 7 heteroatoms. The van der Waals surface area contributed by atoms with Crippen LogP contribution in [0.2, 0.25) is 5.02 Å². The van der Waals surface area contributed by atoms with Gasteiger partial charge in [-0.3, -0.25) is 4.79 Å². The van der Waals surface area contributed by atoms with E-state index >= 15 is 0 Å². The monoisotopic (exact) mass is 389 g/mol. The Morgan fingerprint density at radius 3 is 2.85 bits per heavy atom. The van der Waals surface area contributed by atoms with Gasteiger partial charge in [-0.05, 0) is 49.6 Å². The topological polar surface area (TPSA) is 54.0 Å². The maximum Gasteiger partial charge on any atom is 0.253 e. The number of anilines is 1. The van der Waals surface area contributed by atoms with Crippen molar-refractivity contribution in [3.05, 3.63) is 58.9 Å². The molecular weight excluding hydrogens is 373 g/mol. The largest absolute Gasteiger partial charge is 0.357 e. The van der Waals surface area contributed by atoms with Crippen molar-refractivity contribution >= 4 is 44.2 Å². The number of aromatic nitrogens is 1. The lowest BCUT2D eigenvalue weighted by Gasteiger charge is -2.22. The molecule has 4 rings (SSSR count). The van der Waals surface area contributed by atoms with Crippen molar-refractivity contribution < 1.29 is 9.18 Å². The lowest BCUT2D eigenvalue weighted by Crippen LogP contribution is -2.43. The number of amides is 1. The zero-order valence-corrected chi connectivity index (χ0v) is 15.4. The molecule has 2 N–H and O–H groups in total. The molecule has 1 aromatic heterocycles. The normalized spacial score (nSPS) is 19.6. The Hall–Kier alpha value is -2.18. The number of halogens is 2. The van der Waals surface area contributed by atoms with Crippen LogP contribution in [-0.2, 0) is 0 Å².